The van der Waals surface area contributed by atoms with Crippen molar-refractivity contribution in [1.82, 2.24) is 4.90 Å². The van der Waals surface area contributed by atoms with E-state index in [0.717, 1.165) is 5.56 Å². The SMILES string of the molecule is CN(Cc1ccccc1OC(F)(F)F)C(=O)CCc1ccc2c(c1)OCCO2. The minimum absolute atomic E-state index is 0.0201. The van der Waals surface area contributed by atoms with Crippen LogP contribution in [0.5, 0.6) is 17.2 Å². The maximum absolute atomic E-state index is 12.5. The van der Waals surface area contributed by atoms with Gasteiger partial charge >= 0.3 is 6.36 Å². The number of alkyl halides is 3. The van der Waals surface area contributed by atoms with Gasteiger partial charge in [-0.25, -0.2) is 0 Å². The second-order valence-electron chi connectivity index (χ2n) is 6.38. The van der Waals surface area contributed by atoms with Gasteiger partial charge in [0.05, 0.1) is 0 Å². The van der Waals surface area contributed by atoms with E-state index in [4.69, 9.17) is 9.47 Å². The summed E-state index contributed by atoms with van der Waals surface area (Å²) in [7, 11) is 1.55. The fourth-order valence-corrected chi connectivity index (χ4v) is 2.89. The summed E-state index contributed by atoms with van der Waals surface area (Å²) < 4.78 is 52.6. The summed E-state index contributed by atoms with van der Waals surface area (Å²) in [5.74, 6) is 0.848. The summed E-state index contributed by atoms with van der Waals surface area (Å²) in [6.45, 7) is 1.01. The largest absolute Gasteiger partial charge is 0.573 e. The van der Waals surface area contributed by atoms with Gasteiger partial charge in [-0.05, 0) is 30.2 Å². The first-order valence-electron chi connectivity index (χ1n) is 8.78. The van der Waals surface area contributed by atoms with Crippen molar-refractivity contribution in [1.29, 1.82) is 0 Å². The van der Waals surface area contributed by atoms with Gasteiger partial charge in [0.15, 0.2) is 11.5 Å². The molecule has 0 N–H and O–H groups in total. The number of aryl methyl sites for hydroxylation is 1. The lowest BCUT2D eigenvalue weighted by molar-refractivity contribution is -0.275. The zero-order valence-corrected chi connectivity index (χ0v) is 15.3. The molecule has 0 fully saturated rings. The summed E-state index contributed by atoms with van der Waals surface area (Å²) in [5, 5.41) is 0. The zero-order valence-electron chi connectivity index (χ0n) is 15.3. The first kappa shape index (κ1) is 19.9. The Kier molecular flexibility index (Phi) is 5.96. The Bertz CT molecular complexity index is 838. The van der Waals surface area contributed by atoms with Gasteiger partial charge < -0.3 is 19.1 Å². The summed E-state index contributed by atoms with van der Waals surface area (Å²) >= 11 is 0. The van der Waals surface area contributed by atoms with E-state index in [1.54, 1.807) is 13.1 Å². The minimum Gasteiger partial charge on any atom is -0.486 e. The molecule has 2 aromatic rings. The monoisotopic (exact) mass is 395 g/mol. The Labute approximate surface area is 160 Å². The number of para-hydroxylation sites is 1. The molecule has 0 bridgehead atoms. The molecule has 0 aliphatic carbocycles. The summed E-state index contributed by atoms with van der Waals surface area (Å²) in [6.07, 6.45) is -4.07. The number of hydrogen-bond acceptors (Lipinski definition) is 4. The lowest BCUT2D eigenvalue weighted by Crippen LogP contribution is -2.27. The van der Waals surface area contributed by atoms with E-state index < -0.39 is 6.36 Å². The van der Waals surface area contributed by atoms with Crippen molar-refractivity contribution in [3.8, 4) is 17.2 Å². The highest BCUT2D eigenvalue weighted by Gasteiger charge is 2.32. The first-order valence-corrected chi connectivity index (χ1v) is 8.78. The average molecular weight is 395 g/mol. The van der Waals surface area contributed by atoms with Gasteiger partial charge in [-0.3, -0.25) is 4.79 Å². The van der Waals surface area contributed by atoms with E-state index in [9.17, 15) is 18.0 Å². The van der Waals surface area contributed by atoms with Crippen LogP contribution in [0.15, 0.2) is 42.5 Å². The Morgan fingerprint density at radius 3 is 2.57 bits per heavy atom. The Morgan fingerprint density at radius 2 is 1.82 bits per heavy atom. The number of nitrogens with zero attached hydrogens (tertiary/aromatic N) is 1. The second kappa shape index (κ2) is 8.41. The molecule has 0 atom stereocenters. The van der Waals surface area contributed by atoms with Crippen molar-refractivity contribution in [2.75, 3.05) is 20.3 Å². The molecule has 0 radical (unpaired) electrons. The van der Waals surface area contributed by atoms with E-state index >= 15 is 0 Å². The highest BCUT2D eigenvalue weighted by molar-refractivity contribution is 5.76. The Hall–Kier alpha value is -2.90. The highest BCUT2D eigenvalue weighted by atomic mass is 19.4. The quantitative estimate of drug-likeness (QED) is 0.743. The molecule has 8 heteroatoms. The van der Waals surface area contributed by atoms with Crippen molar-refractivity contribution in [2.45, 2.75) is 25.7 Å². The zero-order chi connectivity index (χ0) is 20.1. The number of carbonyl (C=O) groups is 1. The van der Waals surface area contributed by atoms with Crippen molar-refractivity contribution < 1.29 is 32.2 Å². The van der Waals surface area contributed by atoms with Crippen LogP contribution in [0.3, 0.4) is 0 Å². The standard InChI is InChI=1S/C20H20F3NO4/c1-24(13-15-4-2-3-5-16(15)28-20(21,22)23)19(25)9-7-14-6-8-17-18(12-14)27-11-10-26-17/h2-6,8,12H,7,9-11,13H2,1H3. The lowest BCUT2D eigenvalue weighted by atomic mass is 10.1. The molecule has 0 spiro atoms. The van der Waals surface area contributed by atoms with Gasteiger partial charge in [0.2, 0.25) is 5.91 Å². The van der Waals surface area contributed by atoms with Gasteiger partial charge in [0.25, 0.3) is 0 Å². The Morgan fingerprint density at radius 1 is 1.11 bits per heavy atom. The maximum Gasteiger partial charge on any atom is 0.573 e. The molecule has 1 aliphatic heterocycles. The van der Waals surface area contributed by atoms with Gasteiger partial charge in [-0.15, -0.1) is 13.2 Å². The number of ether oxygens (including phenoxy) is 3. The molecule has 1 heterocycles. The van der Waals surface area contributed by atoms with Gasteiger partial charge in [0, 0.05) is 25.6 Å². The summed E-state index contributed by atoms with van der Waals surface area (Å²) in [6, 6.07) is 11.3. The third-order valence-electron chi connectivity index (χ3n) is 4.27. The molecular formula is C20H20F3NO4. The van der Waals surface area contributed by atoms with E-state index in [1.807, 2.05) is 18.2 Å². The average Bonchev–Trinajstić information content (AvgIpc) is 2.66. The molecule has 0 unspecified atom stereocenters. The number of carbonyl (C=O) groups excluding carboxylic acids is 1. The number of amides is 1. The topological polar surface area (TPSA) is 48.0 Å². The van der Waals surface area contributed by atoms with Crippen LogP contribution in [0.25, 0.3) is 0 Å². The molecule has 0 saturated carbocycles. The molecule has 5 nitrogen and oxygen atoms in total. The third kappa shape index (κ3) is 5.31. The van der Waals surface area contributed by atoms with Gasteiger partial charge in [-0.2, -0.15) is 0 Å². The van der Waals surface area contributed by atoms with Crippen LogP contribution in [0.1, 0.15) is 17.5 Å². The van der Waals surface area contributed by atoms with Crippen molar-refractivity contribution in [3.63, 3.8) is 0 Å². The highest BCUT2D eigenvalue weighted by Crippen LogP contribution is 2.31. The van der Waals surface area contributed by atoms with E-state index in [1.165, 1.54) is 23.1 Å². The lowest BCUT2D eigenvalue weighted by Gasteiger charge is -2.21. The molecule has 3 rings (SSSR count). The number of rotatable bonds is 6. The molecule has 28 heavy (non-hydrogen) atoms. The number of benzene rings is 2. The van der Waals surface area contributed by atoms with Crippen LogP contribution >= 0.6 is 0 Å². The first-order chi connectivity index (χ1) is 13.3. The van der Waals surface area contributed by atoms with Crippen LogP contribution in [0, 0.1) is 0 Å². The molecule has 0 aromatic heterocycles. The molecule has 1 amide bonds. The number of hydrogen-bond donors (Lipinski definition) is 0. The van der Waals surface area contributed by atoms with Crippen molar-refractivity contribution >= 4 is 5.91 Å². The maximum atomic E-state index is 12.5. The molecule has 1 aliphatic rings. The third-order valence-corrected chi connectivity index (χ3v) is 4.27. The molecule has 2 aromatic carbocycles. The van der Waals surface area contributed by atoms with Gasteiger partial charge in [-0.1, -0.05) is 24.3 Å². The Balaban J connectivity index is 1.58. The summed E-state index contributed by atoms with van der Waals surface area (Å²) in [5.41, 5.74) is 1.21. The van der Waals surface area contributed by atoms with E-state index in [-0.39, 0.29) is 30.2 Å². The smallest absolute Gasteiger partial charge is 0.486 e. The fourth-order valence-electron chi connectivity index (χ4n) is 2.89. The van der Waals surface area contributed by atoms with Crippen LogP contribution in [-0.2, 0) is 17.8 Å². The van der Waals surface area contributed by atoms with Crippen LogP contribution < -0.4 is 14.2 Å². The van der Waals surface area contributed by atoms with Crippen LogP contribution in [0.4, 0.5) is 13.2 Å². The van der Waals surface area contributed by atoms with E-state index in [2.05, 4.69) is 4.74 Å². The normalized spacial score (nSPS) is 13.1. The second-order valence-corrected chi connectivity index (χ2v) is 6.38. The predicted molar refractivity (Wildman–Crippen MR) is 95.4 cm³/mol. The molecule has 0 saturated heterocycles. The number of fused-ring (bicyclic) bond motifs is 1. The van der Waals surface area contributed by atoms with Crippen molar-refractivity contribution in [2.24, 2.45) is 0 Å². The van der Waals surface area contributed by atoms with Gasteiger partial charge in [0.1, 0.15) is 19.0 Å². The summed E-state index contributed by atoms with van der Waals surface area (Å²) in [4.78, 5) is 13.8. The van der Waals surface area contributed by atoms with E-state index in [0.29, 0.717) is 31.1 Å². The number of halogens is 3. The van der Waals surface area contributed by atoms with Crippen LogP contribution in [0.2, 0.25) is 0 Å². The minimum atomic E-state index is -4.78. The van der Waals surface area contributed by atoms with Crippen LogP contribution in [-0.4, -0.2) is 37.4 Å². The molecule has 150 valence electrons. The fraction of sp³-hybridized carbons (Fsp3) is 0.350. The molecular weight excluding hydrogens is 375 g/mol. The predicted octanol–water partition coefficient (Wildman–Crippen LogP) is 3.95. The van der Waals surface area contributed by atoms with Crippen molar-refractivity contribution in [3.05, 3.63) is 53.6 Å².